The number of thiocarbonyl (C=S) groups is 1. The van der Waals surface area contributed by atoms with E-state index in [1.165, 1.54) is 12.1 Å². The monoisotopic (exact) mass is 331 g/mol. The molecule has 0 spiro atoms. The van der Waals surface area contributed by atoms with Gasteiger partial charge >= 0.3 is 0 Å². The lowest BCUT2D eigenvalue weighted by Gasteiger charge is -2.15. The summed E-state index contributed by atoms with van der Waals surface area (Å²) in [5.74, 6) is -0.833. The number of rotatable bonds is 6. The van der Waals surface area contributed by atoms with Crippen LogP contribution in [0.1, 0.15) is 39.2 Å². The Labute approximate surface area is 134 Å². The Kier molecular flexibility index (Phi) is 7.05. The first kappa shape index (κ1) is 17.9. The molecule has 0 saturated heterocycles. The number of hydrogen-bond donors (Lipinski definition) is 1. The van der Waals surface area contributed by atoms with Gasteiger partial charge in [-0.05, 0) is 43.3 Å². The van der Waals surface area contributed by atoms with Gasteiger partial charge in [0.2, 0.25) is 5.91 Å². The average Bonchev–Trinajstić information content (AvgIpc) is 2.43. The van der Waals surface area contributed by atoms with Crippen molar-refractivity contribution in [2.24, 2.45) is 0 Å². The number of benzene rings is 1. The molecule has 1 atom stereocenters. The zero-order chi connectivity index (χ0) is 16.0. The van der Waals surface area contributed by atoms with Crippen molar-refractivity contribution in [3.05, 3.63) is 28.5 Å². The number of carbonyl (C=O) groups is 1. The molecular formula is C15H19ClFNO2S. The van der Waals surface area contributed by atoms with E-state index >= 15 is 0 Å². The molecular weight excluding hydrogens is 313 g/mol. The van der Waals surface area contributed by atoms with E-state index in [2.05, 4.69) is 5.32 Å². The minimum atomic E-state index is -0.570. The molecule has 0 bridgehead atoms. The normalized spacial score (nSPS) is 11.9. The lowest BCUT2D eigenvalue weighted by atomic mass is 10.1. The molecule has 116 valence electrons. The molecule has 1 aromatic rings. The van der Waals surface area contributed by atoms with E-state index in [-0.39, 0.29) is 29.1 Å². The first-order valence-corrected chi connectivity index (χ1v) is 7.63. The maximum Gasteiger partial charge on any atom is 0.224 e. The highest BCUT2D eigenvalue weighted by atomic mass is 35.5. The summed E-state index contributed by atoms with van der Waals surface area (Å²) in [6.45, 7) is 5.61. The maximum atomic E-state index is 13.8. The Morgan fingerprint density at radius 1 is 1.48 bits per heavy atom. The molecule has 0 aliphatic heterocycles. The fraction of sp³-hybridized carbons (Fsp3) is 0.467. The molecule has 0 saturated carbocycles. The molecule has 3 nitrogen and oxygen atoms in total. The molecule has 0 aliphatic carbocycles. The Hall–Kier alpha value is -1.20. The van der Waals surface area contributed by atoms with Gasteiger partial charge < -0.3 is 10.1 Å². The summed E-state index contributed by atoms with van der Waals surface area (Å²) in [7, 11) is 0. The second-order valence-corrected chi connectivity index (χ2v) is 5.57. The highest BCUT2D eigenvalue weighted by Crippen LogP contribution is 2.25. The van der Waals surface area contributed by atoms with Gasteiger partial charge in [-0.1, -0.05) is 25.4 Å². The number of ether oxygens (including phenoxy) is 1. The number of carbonyl (C=O) groups excluding carboxylic acids is 1. The number of amides is 1. The van der Waals surface area contributed by atoms with Crippen molar-refractivity contribution < 1.29 is 13.9 Å². The second-order valence-electron chi connectivity index (χ2n) is 4.71. The van der Waals surface area contributed by atoms with Gasteiger partial charge in [0.1, 0.15) is 5.82 Å². The van der Waals surface area contributed by atoms with Gasteiger partial charge in [-0.3, -0.25) is 4.79 Å². The summed E-state index contributed by atoms with van der Waals surface area (Å²) < 4.78 is 19.3. The Bertz CT molecular complexity index is 537. The van der Waals surface area contributed by atoms with Crippen molar-refractivity contribution >= 4 is 40.5 Å². The highest BCUT2D eigenvalue weighted by Gasteiger charge is 2.13. The second kappa shape index (κ2) is 8.29. The zero-order valence-electron chi connectivity index (χ0n) is 12.3. The predicted octanol–water partition coefficient (Wildman–Crippen LogP) is 4.51. The predicted molar refractivity (Wildman–Crippen MR) is 87.5 cm³/mol. The molecule has 0 aliphatic rings. The topological polar surface area (TPSA) is 38.3 Å². The lowest BCUT2D eigenvalue weighted by Crippen LogP contribution is -2.15. The van der Waals surface area contributed by atoms with Crippen LogP contribution in [0.2, 0.25) is 5.02 Å². The minimum absolute atomic E-state index is 0.0241. The van der Waals surface area contributed by atoms with Gasteiger partial charge in [0.25, 0.3) is 0 Å². The molecule has 1 unspecified atom stereocenters. The van der Waals surface area contributed by atoms with Gasteiger partial charge in [-0.2, -0.15) is 0 Å². The molecule has 1 N–H and O–H groups in total. The smallest absolute Gasteiger partial charge is 0.224 e. The van der Waals surface area contributed by atoms with E-state index in [1.54, 1.807) is 6.92 Å². The summed E-state index contributed by atoms with van der Waals surface area (Å²) in [6, 6.07) is 2.67. The van der Waals surface area contributed by atoms with Gasteiger partial charge in [0.05, 0.1) is 11.8 Å². The van der Waals surface area contributed by atoms with Crippen LogP contribution in [0.15, 0.2) is 12.1 Å². The van der Waals surface area contributed by atoms with Crippen molar-refractivity contribution in [2.45, 2.75) is 46.1 Å². The number of hydrogen-bond acceptors (Lipinski definition) is 3. The largest absolute Gasteiger partial charge is 0.484 e. The SMILES string of the molecule is CCC(=O)Nc1cc(CC(=S)OC(C)CC)c(Cl)cc1F. The van der Waals surface area contributed by atoms with E-state index in [9.17, 15) is 9.18 Å². The number of anilines is 1. The van der Waals surface area contributed by atoms with Crippen LogP contribution in [-0.4, -0.2) is 17.1 Å². The van der Waals surface area contributed by atoms with Crippen LogP contribution in [0.4, 0.5) is 10.1 Å². The van der Waals surface area contributed by atoms with Gasteiger partial charge in [-0.25, -0.2) is 4.39 Å². The molecule has 0 aromatic heterocycles. The van der Waals surface area contributed by atoms with E-state index in [0.29, 0.717) is 17.0 Å². The minimum Gasteiger partial charge on any atom is -0.484 e. The molecule has 1 aromatic carbocycles. The van der Waals surface area contributed by atoms with Crippen LogP contribution >= 0.6 is 23.8 Å². The Morgan fingerprint density at radius 2 is 2.14 bits per heavy atom. The number of nitrogens with one attached hydrogen (secondary N) is 1. The molecule has 21 heavy (non-hydrogen) atoms. The lowest BCUT2D eigenvalue weighted by molar-refractivity contribution is -0.115. The molecule has 0 radical (unpaired) electrons. The van der Waals surface area contributed by atoms with Gasteiger partial charge in [0, 0.05) is 17.9 Å². The summed E-state index contributed by atoms with van der Waals surface area (Å²) in [6.07, 6.45) is 1.44. The van der Waals surface area contributed by atoms with E-state index in [1.807, 2.05) is 13.8 Å². The van der Waals surface area contributed by atoms with Crippen molar-refractivity contribution in [2.75, 3.05) is 5.32 Å². The quantitative estimate of drug-likeness (QED) is 0.779. The van der Waals surface area contributed by atoms with Gasteiger partial charge in [-0.15, -0.1) is 0 Å². The first-order chi connectivity index (χ1) is 9.87. The van der Waals surface area contributed by atoms with E-state index in [4.69, 9.17) is 28.6 Å². The van der Waals surface area contributed by atoms with E-state index in [0.717, 1.165) is 6.42 Å². The fourth-order valence-corrected chi connectivity index (χ4v) is 2.11. The third-order valence-corrected chi connectivity index (χ3v) is 3.57. The Balaban J connectivity index is 2.89. The van der Waals surface area contributed by atoms with Crippen LogP contribution in [0, 0.1) is 5.82 Å². The third-order valence-electron chi connectivity index (χ3n) is 2.97. The Morgan fingerprint density at radius 3 is 2.71 bits per heavy atom. The van der Waals surface area contributed by atoms with Crippen LogP contribution in [0.25, 0.3) is 0 Å². The third kappa shape index (κ3) is 5.59. The van der Waals surface area contributed by atoms with Crippen molar-refractivity contribution in [3.63, 3.8) is 0 Å². The summed E-state index contributed by atoms with van der Waals surface area (Å²) in [4.78, 5) is 11.4. The fourth-order valence-electron chi connectivity index (χ4n) is 1.57. The summed E-state index contributed by atoms with van der Waals surface area (Å²) in [5.41, 5.74) is 0.727. The highest BCUT2D eigenvalue weighted by molar-refractivity contribution is 7.80. The van der Waals surface area contributed by atoms with Crippen molar-refractivity contribution in [3.8, 4) is 0 Å². The number of halogens is 2. The molecule has 6 heteroatoms. The van der Waals surface area contributed by atoms with Crippen LogP contribution in [-0.2, 0) is 16.0 Å². The zero-order valence-corrected chi connectivity index (χ0v) is 13.9. The molecule has 1 rings (SSSR count). The van der Waals surface area contributed by atoms with E-state index < -0.39 is 5.82 Å². The first-order valence-electron chi connectivity index (χ1n) is 6.84. The van der Waals surface area contributed by atoms with Crippen LogP contribution in [0.5, 0.6) is 0 Å². The summed E-state index contributed by atoms with van der Waals surface area (Å²) in [5, 5.41) is 3.15. The molecule has 1 amide bonds. The van der Waals surface area contributed by atoms with Crippen LogP contribution in [0.3, 0.4) is 0 Å². The average molecular weight is 332 g/mol. The van der Waals surface area contributed by atoms with Crippen molar-refractivity contribution in [1.82, 2.24) is 0 Å². The van der Waals surface area contributed by atoms with Gasteiger partial charge in [0.15, 0.2) is 5.05 Å². The maximum absolute atomic E-state index is 13.8. The summed E-state index contributed by atoms with van der Waals surface area (Å²) >= 11 is 11.2. The van der Waals surface area contributed by atoms with Crippen LogP contribution < -0.4 is 5.32 Å². The molecule has 0 fully saturated rings. The van der Waals surface area contributed by atoms with Crippen molar-refractivity contribution in [1.29, 1.82) is 0 Å². The molecule has 0 heterocycles. The standard InChI is InChI=1S/C15H19ClFNO2S/c1-4-9(3)20-15(21)7-10-6-13(18-14(19)5-2)12(17)8-11(10)16/h6,8-9H,4-5,7H2,1-3H3,(H,18,19).